The summed E-state index contributed by atoms with van der Waals surface area (Å²) in [5.41, 5.74) is 2.22. The van der Waals surface area contributed by atoms with Crippen LogP contribution < -0.4 is 5.32 Å². The molecule has 0 spiro atoms. The minimum absolute atomic E-state index is 0.196. The highest BCUT2D eigenvalue weighted by atomic mass is 79.9. The van der Waals surface area contributed by atoms with Gasteiger partial charge in [0.15, 0.2) is 0 Å². The smallest absolute Gasteiger partial charge is 0.133 e. The maximum atomic E-state index is 4.59. The van der Waals surface area contributed by atoms with E-state index in [2.05, 4.69) is 64.1 Å². The first-order chi connectivity index (χ1) is 9.45. The lowest BCUT2D eigenvalue weighted by Crippen LogP contribution is -2.10. The Labute approximate surface area is 129 Å². The van der Waals surface area contributed by atoms with Crippen LogP contribution in [0.25, 0.3) is 0 Å². The minimum Gasteiger partial charge on any atom is -0.363 e. The molecule has 0 amide bonds. The van der Waals surface area contributed by atoms with Crippen molar-refractivity contribution in [3.8, 4) is 0 Å². The van der Waals surface area contributed by atoms with Gasteiger partial charge in [0.1, 0.15) is 11.6 Å². The summed E-state index contributed by atoms with van der Waals surface area (Å²) in [6.45, 7) is 8.35. The van der Waals surface area contributed by atoms with Crippen LogP contribution in [-0.4, -0.2) is 9.97 Å². The molecule has 0 aliphatic rings. The second-order valence-corrected chi connectivity index (χ2v) is 6.24. The zero-order valence-corrected chi connectivity index (χ0v) is 13.9. The van der Waals surface area contributed by atoms with E-state index in [4.69, 9.17) is 0 Å². The van der Waals surface area contributed by atoms with Gasteiger partial charge >= 0.3 is 0 Å². The number of hydrogen-bond donors (Lipinski definition) is 1. The van der Waals surface area contributed by atoms with Gasteiger partial charge in [-0.2, -0.15) is 0 Å². The number of nitrogens with one attached hydrogen (secondary N) is 1. The zero-order valence-electron chi connectivity index (χ0n) is 12.3. The van der Waals surface area contributed by atoms with Gasteiger partial charge in [0, 0.05) is 28.2 Å². The summed E-state index contributed by atoms with van der Waals surface area (Å²) in [5, 5.41) is 3.45. The monoisotopic (exact) mass is 333 g/mol. The van der Waals surface area contributed by atoms with Gasteiger partial charge in [0.2, 0.25) is 0 Å². The number of anilines is 1. The Kier molecular flexibility index (Phi) is 4.76. The van der Waals surface area contributed by atoms with Gasteiger partial charge in [-0.05, 0) is 31.5 Å². The molecule has 20 heavy (non-hydrogen) atoms. The number of rotatable bonds is 4. The predicted molar refractivity (Wildman–Crippen MR) is 87.0 cm³/mol. The van der Waals surface area contributed by atoms with Gasteiger partial charge in [-0.25, -0.2) is 9.97 Å². The Morgan fingerprint density at radius 2 is 1.85 bits per heavy atom. The number of aryl methyl sites for hydroxylation is 1. The predicted octanol–water partition coefficient (Wildman–Crippen LogP) is 4.84. The van der Waals surface area contributed by atoms with Gasteiger partial charge in [-0.3, -0.25) is 0 Å². The van der Waals surface area contributed by atoms with Crippen LogP contribution in [0.1, 0.15) is 49.8 Å². The number of nitrogens with zero attached hydrogens (tertiary/aromatic N) is 2. The van der Waals surface area contributed by atoms with Crippen molar-refractivity contribution >= 4 is 21.7 Å². The third-order valence-corrected chi connectivity index (χ3v) is 3.59. The van der Waals surface area contributed by atoms with Crippen molar-refractivity contribution in [2.75, 3.05) is 5.32 Å². The van der Waals surface area contributed by atoms with Crippen LogP contribution in [0.5, 0.6) is 0 Å². The SMILES string of the molecule is Cc1cc(NC(C)c2cccc(Br)c2)nc(C(C)C)n1. The number of benzene rings is 1. The maximum absolute atomic E-state index is 4.59. The van der Waals surface area contributed by atoms with E-state index in [1.54, 1.807) is 0 Å². The van der Waals surface area contributed by atoms with E-state index in [9.17, 15) is 0 Å². The van der Waals surface area contributed by atoms with Crippen LogP contribution in [0.15, 0.2) is 34.8 Å². The molecule has 1 atom stereocenters. The van der Waals surface area contributed by atoms with Crippen LogP contribution in [0.4, 0.5) is 5.82 Å². The average molecular weight is 334 g/mol. The summed E-state index contributed by atoms with van der Waals surface area (Å²) < 4.78 is 1.09. The Morgan fingerprint density at radius 3 is 2.50 bits per heavy atom. The largest absolute Gasteiger partial charge is 0.363 e. The molecule has 2 aromatic rings. The van der Waals surface area contributed by atoms with Crippen molar-refractivity contribution in [2.45, 2.75) is 39.7 Å². The molecule has 0 saturated heterocycles. The fourth-order valence-corrected chi connectivity index (χ4v) is 2.42. The lowest BCUT2D eigenvalue weighted by Gasteiger charge is -2.17. The lowest BCUT2D eigenvalue weighted by atomic mass is 10.1. The molecule has 2 rings (SSSR count). The molecule has 106 valence electrons. The molecular weight excluding hydrogens is 314 g/mol. The molecule has 0 bridgehead atoms. The third-order valence-electron chi connectivity index (χ3n) is 3.10. The standard InChI is InChI=1S/C16H20BrN3/c1-10(2)16-18-11(3)8-15(20-16)19-12(4)13-6-5-7-14(17)9-13/h5-10,12H,1-4H3,(H,18,19,20). The number of aromatic nitrogens is 2. The van der Waals surface area contributed by atoms with E-state index in [0.29, 0.717) is 5.92 Å². The van der Waals surface area contributed by atoms with Crippen LogP contribution in [0.3, 0.4) is 0 Å². The fourth-order valence-electron chi connectivity index (χ4n) is 2.00. The normalized spacial score (nSPS) is 12.5. The number of hydrogen-bond acceptors (Lipinski definition) is 3. The molecule has 0 fully saturated rings. The van der Waals surface area contributed by atoms with E-state index < -0.39 is 0 Å². The first kappa shape index (κ1) is 15.0. The molecule has 1 unspecified atom stereocenters. The molecule has 0 radical (unpaired) electrons. The molecule has 0 aliphatic heterocycles. The summed E-state index contributed by atoms with van der Waals surface area (Å²) >= 11 is 3.50. The van der Waals surface area contributed by atoms with E-state index in [-0.39, 0.29) is 6.04 Å². The molecule has 1 heterocycles. The number of halogens is 1. The first-order valence-electron chi connectivity index (χ1n) is 6.83. The molecule has 3 nitrogen and oxygen atoms in total. The van der Waals surface area contributed by atoms with Gasteiger partial charge < -0.3 is 5.32 Å². The summed E-state index contributed by atoms with van der Waals surface area (Å²) in [6.07, 6.45) is 0. The van der Waals surface area contributed by atoms with Crippen LogP contribution in [-0.2, 0) is 0 Å². The molecule has 0 saturated carbocycles. The second kappa shape index (κ2) is 6.35. The quantitative estimate of drug-likeness (QED) is 0.869. The molecule has 1 N–H and O–H groups in total. The Balaban J connectivity index is 2.21. The van der Waals surface area contributed by atoms with Gasteiger partial charge in [0.25, 0.3) is 0 Å². The summed E-state index contributed by atoms with van der Waals surface area (Å²) in [6, 6.07) is 10.5. The van der Waals surface area contributed by atoms with Gasteiger partial charge in [-0.15, -0.1) is 0 Å². The second-order valence-electron chi connectivity index (χ2n) is 5.33. The van der Waals surface area contributed by atoms with Crippen molar-refractivity contribution in [3.05, 3.63) is 51.9 Å². The molecule has 1 aromatic carbocycles. The highest BCUT2D eigenvalue weighted by molar-refractivity contribution is 9.10. The van der Waals surface area contributed by atoms with Gasteiger partial charge in [-0.1, -0.05) is 41.9 Å². The van der Waals surface area contributed by atoms with Crippen LogP contribution in [0, 0.1) is 6.92 Å². The van der Waals surface area contributed by atoms with E-state index in [1.807, 2.05) is 25.1 Å². The molecule has 4 heteroatoms. The Hall–Kier alpha value is -1.42. The van der Waals surface area contributed by atoms with Crippen molar-refractivity contribution < 1.29 is 0 Å². The van der Waals surface area contributed by atoms with Crippen LogP contribution in [0.2, 0.25) is 0 Å². The van der Waals surface area contributed by atoms with Crippen molar-refractivity contribution in [1.82, 2.24) is 9.97 Å². The fraction of sp³-hybridized carbons (Fsp3) is 0.375. The summed E-state index contributed by atoms with van der Waals surface area (Å²) in [4.78, 5) is 9.06. The topological polar surface area (TPSA) is 37.8 Å². The zero-order chi connectivity index (χ0) is 14.7. The van der Waals surface area contributed by atoms with Gasteiger partial charge in [0.05, 0.1) is 0 Å². The van der Waals surface area contributed by atoms with E-state index >= 15 is 0 Å². The van der Waals surface area contributed by atoms with Crippen molar-refractivity contribution in [3.63, 3.8) is 0 Å². The van der Waals surface area contributed by atoms with Crippen LogP contribution >= 0.6 is 15.9 Å². The Bertz CT molecular complexity index is 596. The molecular formula is C16H20BrN3. The van der Waals surface area contributed by atoms with E-state index in [1.165, 1.54) is 5.56 Å². The van der Waals surface area contributed by atoms with E-state index in [0.717, 1.165) is 21.8 Å². The summed E-state index contributed by atoms with van der Waals surface area (Å²) in [5.74, 6) is 2.10. The highest BCUT2D eigenvalue weighted by Crippen LogP contribution is 2.22. The van der Waals surface area contributed by atoms with Crippen molar-refractivity contribution in [2.24, 2.45) is 0 Å². The maximum Gasteiger partial charge on any atom is 0.133 e. The lowest BCUT2D eigenvalue weighted by molar-refractivity contribution is 0.761. The highest BCUT2D eigenvalue weighted by Gasteiger charge is 2.10. The van der Waals surface area contributed by atoms with Crippen molar-refractivity contribution in [1.29, 1.82) is 0 Å². The minimum atomic E-state index is 0.196. The molecule has 1 aromatic heterocycles. The first-order valence-corrected chi connectivity index (χ1v) is 7.62. The molecule has 0 aliphatic carbocycles. The summed E-state index contributed by atoms with van der Waals surface area (Å²) in [7, 11) is 0. The third kappa shape index (κ3) is 3.79. The Morgan fingerprint density at radius 1 is 1.10 bits per heavy atom. The average Bonchev–Trinajstić information content (AvgIpc) is 2.37.